The lowest BCUT2D eigenvalue weighted by molar-refractivity contribution is -0.117. The van der Waals surface area contributed by atoms with Crippen LogP contribution in [0.4, 0.5) is 0 Å². The lowest BCUT2D eigenvalue weighted by Crippen LogP contribution is -2.29. The SMILES string of the molecule is Cc1ccc(CC(=O)CNC(C)C)cc1C. The van der Waals surface area contributed by atoms with Gasteiger partial charge in [-0.3, -0.25) is 4.79 Å². The number of ketones is 1. The number of Topliss-reactive ketones (excluding diaryl/α,β-unsaturated/α-hetero) is 1. The molecule has 2 nitrogen and oxygen atoms in total. The maximum Gasteiger partial charge on any atom is 0.150 e. The van der Waals surface area contributed by atoms with Crippen LogP contribution in [0.15, 0.2) is 18.2 Å². The molecule has 16 heavy (non-hydrogen) atoms. The van der Waals surface area contributed by atoms with E-state index in [4.69, 9.17) is 0 Å². The third kappa shape index (κ3) is 4.15. The summed E-state index contributed by atoms with van der Waals surface area (Å²) < 4.78 is 0. The second kappa shape index (κ2) is 5.80. The molecule has 0 aliphatic carbocycles. The van der Waals surface area contributed by atoms with Crippen LogP contribution in [0.1, 0.15) is 30.5 Å². The molecule has 2 heteroatoms. The fraction of sp³-hybridized carbons (Fsp3) is 0.500. The first kappa shape index (κ1) is 12.9. The average molecular weight is 219 g/mol. The van der Waals surface area contributed by atoms with E-state index in [1.807, 2.05) is 19.9 Å². The van der Waals surface area contributed by atoms with Crippen LogP contribution in [0.25, 0.3) is 0 Å². The highest BCUT2D eigenvalue weighted by atomic mass is 16.1. The van der Waals surface area contributed by atoms with Gasteiger partial charge < -0.3 is 5.32 Å². The van der Waals surface area contributed by atoms with Gasteiger partial charge in [-0.05, 0) is 30.5 Å². The smallest absolute Gasteiger partial charge is 0.150 e. The van der Waals surface area contributed by atoms with Gasteiger partial charge in [-0.15, -0.1) is 0 Å². The van der Waals surface area contributed by atoms with Crippen LogP contribution in [0.3, 0.4) is 0 Å². The minimum atomic E-state index is 0.247. The number of nitrogens with one attached hydrogen (secondary N) is 1. The van der Waals surface area contributed by atoms with Crippen molar-refractivity contribution >= 4 is 5.78 Å². The molecule has 1 aromatic rings. The molecule has 0 unspecified atom stereocenters. The van der Waals surface area contributed by atoms with Crippen LogP contribution in [0.2, 0.25) is 0 Å². The molecule has 1 rings (SSSR count). The Labute approximate surface area is 98.1 Å². The van der Waals surface area contributed by atoms with Gasteiger partial charge in [0.25, 0.3) is 0 Å². The van der Waals surface area contributed by atoms with Gasteiger partial charge in [0.05, 0.1) is 6.54 Å². The van der Waals surface area contributed by atoms with Gasteiger partial charge in [0, 0.05) is 12.5 Å². The standard InChI is InChI=1S/C14H21NO/c1-10(2)15-9-14(16)8-13-6-5-11(3)12(4)7-13/h5-7,10,15H,8-9H2,1-4H3. The zero-order valence-corrected chi connectivity index (χ0v) is 10.6. The summed E-state index contributed by atoms with van der Waals surface area (Å²) in [5, 5.41) is 3.14. The van der Waals surface area contributed by atoms with E-state index in [2.05, 4.69) is 31.3 Å². The minimum Gasteiger partial charge on any atom is -0.308 e. The monoisotopic (exact) mass is 219 g/mol. The molecule has 0 saturated heterocycles. The molecule has 0 atom stereocenters. The van der Waals surface area contributed by atoms with Gasteiger partial charge >= 0.3 is 0 Å². The second-order valence-corrected chi connectivity index (χ2v) is 4.67. The summed E-state index contributed by atoms with van der Waals surface area (Å²) in [6.45, 7) is 8.72. The van der Waals surface area contributed by atoms with Gasteiger partial charge in [0.2, 0.25) is 0 Å². The molecule has 88 valence electrons. The quantitative estimate of drug-likeness (QED) is 0.824. The van der Waals surface area contributed by atoms with Gasteiger partial charge in [-0.2, -0.15) is 0 Å². The van der Waals surface area contributed by atoms with Crippen molar-refractivity contribution in [2.24, 2.45) is 0 Å². The Morgan fingerprint density at radius 2 is 1.94 bits per heavy atom. The van der Waals surface area contributed by atoms with E-state index >= 15 is 0 Å². The van der Waals surface area contributed by atoms with Gasteiger partial charge in [-0.1, -0.05) is 32.0 Å². The van der Waals surface area contributed by atoms with Crippen LogP contribution in [0.5, 0.6) is 0 Å². The minimum absolute atomic E-state index is 0.247. The Morgan fingerprint density at radius 3 is 2.50 bits per heavy atom. The zero-order valence-electron chi connectivity index (χ0n) is 10.6. The number of carbonyl (C=O) groups is 1. The maximum atomic E-state index is 11.7. The highest BCUT2D eigenvalue weighted by Gasteiger charge is 2.05. The Kier molecular flexibility index (Phi) is 4.69. The average Bonchev–Trinajstić information content (AvgIpc) is 2.21. The first-order valence-electron chi connectivity index (χ1n) is 5.80. The topological polar surface area (TPSA) is 29.1 Å². The molecule has 0 heterocycles. The molecule has 0 aliphatic heterocycles. The van der Waals surface area contributed by atoms with Crippen molar-refractivity contribution in [1.29, 1.82) is 0 Å². The summed E-state index contributed by atoms with van der Waals surface area (Å²) in [4.78, 5) is 11.7. The van der Waals surface area contributed by atoms with Crippen molar-refractivity contribution in [2.75, 3.05) is 6.54 Å². The lowest BCUT2D eigenvalue weighted by atomic mass is 10.0. The maximum absolute atomic E-state index is 11.7. The van der Waals surface area contributed by atoms with E-state index in [9.17, 15) is 4.79 Å². The number of aryl methyl sites for hydroxylation is 2. The summed E-state index contributed by atoms with van der Waals surface area (Å²) in [6, 6.07) is 6.58. The van der Waals surface area contributed by atoms with E-state index in [0.717, 1.165) is 5.56 Å². The van der Waals surface area contributed by atoms with Gasteiger partial charge in [0.1, 0.15) is 0 Å². The highest BCUT2D eigenvalue weighted by Crippen LogP contribution is 2.10. The molecule has 0 saturated carbocycles. The first-order chi connectivity index (χ1) is 7.49. The number of rotatable bonds is 5. The van der Waals surface area contributed by atoms with Crippen molar-refractivity contribution < 1.29 is 4.79 Å². The third-order valence-corrected chi connectivity index (χ3v) is 2.68. The van der Waals surface area contributed by atoms with Crippen molar-refractivity contribution in [2.45, 2.75) is 40.2 Å². The van der Waals surface area contributed by atoms with E-state index < -0.39 is 0 Å². The fourth-order valence-electron chi connectivity index (χ4n) is 1.52. The molecule has 0 bridgehead atoms. The molecule has 1 N–H and O–H groups in total. The van der Waals surface area contributed by atoms with E-state index in [1.165, 1.54) is 11.1 Å². The Hall–Kier alpha value is -1.15. The fourth-order valence-corrected chi connectivity index (χ4v) is 1.52. The van der Waals surface area contributed by atoms with Crippen molar-refractivity contribution in [3.63, 3.8) is 0 Å². The lowest BCUT2D eigenvalue weighted by Gasteiger charge is -2.08. The molecular formula is C14H21NO. The summed E-state index contributed by atoms with van der Waals surface area (Å²) in [7, 11) is 0. The van der Waals surface area contributed by atoms with Crippen LogP contribution >= 0.6 is 0 Å². The molecule has 0 fully saturated rings. The molecule has 0 aliphatic rings. The number of benzene rings is 1. The first-order valence-corrected chi connectivity index (χ1v) is 5.80. The van der Waals surface area contributed by atoms with Crippen molar-refractivity contribution in [3.05, 3.63) is 34.9 Å². The Morgan fingerprint density at radius 1 is 1.25 bits per heavy atom. The zero-order chi connectivity index (χ0) is 12.1. The second-order valence-electron chi connectivity index (χ2n) is 4.67. The van der Waals surface area contributed by atoms with E-state index in [0.29, 0.717) is 19.0 Å². The number of carbonyl (C=O) groups excluding carboxylic acids is 1. The third-order valence-electron chi connectivity index (χ3n) is 2.68. The highest BCUT2D eigenvalue weighted by molar-refractivity contribution is 5.82. The van der Waals surface area contributed by atoms with Crippen LogP contribution < -0.4 is 5.32 Å². The van der Waals surface area contributed by atoms with Crippen LogP contribution in [-0.4, -0.2) is 18.4 Å². The summed E-state index contributed by atoms with van der Waals surface area (Å²) in [5.74, 6) is 0.247. The molecular weight excluding hydrogens is 198 g/mol. The predicted octanol–water partition coefficient (Wildman–Crippen LogP) is 2.41. The Balaban J connectivity index is 2.53. The molecule has 0 spiro atoms. The molecule has 0 radical (unpaired) electrons. The van der Waals surface area contributed by atoms with Gasteiger partial charge in [0.15, 0.2) is 5.78 Å². The van der Waals surface area contributed by atoms with Crippen molar-refractivity contribution in [1.82, 2.24) is 5.32 Å². The molecule has 1 aromatic carbocycles. The summed E-state index contributed by atoms with van der Waals surface area (Å²) in [6.07, 6.45) is 0.529. The number of hydrogen-bond acceptors (Lipinski definition) is 2. The number of hydrogen-bond donors (Lipinski definition) is 1. The molecule has 0 aromatic heterocycles. The summed E-state index contributed by atoms with van der Waals surface area (Å²) >= 11 is 0. The van der Waals surface area contributed by atoms with Crippen molar-refractivity contribution in [3.8, 4) is 0 Å². The van der Waals surface area contributed by atoms with Crippen LogP contribution in [-0.2, 0) is 11.2 Å². The Bertz CT molecular complexity index is 369. The van der Waals surface area contributed by atoms with Gasteiger partial charge in [-0.25, -0.2) is 0 Å². The molecule has 0 amide bonds. The summed E-state index contributed by atoms with van der Waals surface area (Å²) in [5.41, 5.74) is 3.64. The normalized spacial score (nSPS) is 10.8. The van der Waals surface area contributed by atoms with E-state index in [1.54, 1.807) is 0 Å². The predicted molar refractivity (Wildman–Crippen MR) is 67.8 cm³/mol. The largest absolute Gasteiger partial charge is 0.308 e. The van der Waals surface area contributed by atoms with Crippen LogP contribution in [0, 0.1) is 13.8 Å². The van der Waals surface area contributed by atoms with E-state index in [-0.39, 0.29) is 5.78 Å².